The molecule has 1 heterocycles. The number of benzene rings is 1. The highest BCUT2D eigenvalue weighted by molar-refractivity contribution is 14.1. The molecule has 0 saturated carbocycles. The number of rotatable bonds is 4. The summed E-state index contributed by atoms with van der Waals surface area (Å²) in [6, 6.07) is 8.28. The summed E-state index contributed by atoms with van der Waals surface area (Å²) < 4.78 is 1.16. The molecule has 2 nitrogen and oxygen atoms in total. The SMILES string of the molecule is CCc1ccsc1CNc1ccc(I)cc1N. The molecule has 0 fully saturated rings. The van der Waals surface area contributed by atoms with E-state index >= 15 is 0 Å². The van der Waals surface area contributed by atoms with Gasteiger partial charge in [-0.2, -0.15) is 0 Å². The lowest BCUT2D eigenvalue weighted by molar-refractivity contribution is 1.08. The summed E-state index contributed by atoms with van der Waals surface area (Å²) in [5, 5.41) is 5.55. The lowest BCUT2D eigenvalue weighted by atomic mass is 10.2. The second-order valence-corrected chi connectivity index (χ2v) is 6.05. The molecule has 3 N–H and O–H groups in total. The highest BCUT2D eigenvalue weighted by Crippen LogP contribution is 2.23. The van der Waals surface area contributed by atoms with Crippen LogP contribution in [-0.4, -0.2) is 0 Å². The van der Waals surface area contributed by atoms with E-state index in [4.69, 9.17) is 5.73 Å². The molecule has 0 amide bonds. The second kappa shape index (κ2) is 5.73. The van der Waals surface area contributed by atoms with E-state index in [2.05, 4.69) is 52.3 Å². The van der Waals surface area contributed by atoms with E-state index in [1.807, 2.05) is 12.1 Å². The highest BCUT2D eigenvalue weighted by atomic mass is 127. The van der Waals surface area contributed by atoms with Gasteiger partial charge < -0.3 is 11.1 Å². The van der Waals surface area contributed by atoms with E-state index in [0.29, 0.717) is 0 Å². The third kappa shape index (κ3) is 3.13. The average Bonchev–Trinajstić information content (AvgIpc) is 2.75. The normalized spacial score (nSPS) is 10.5. The van der Waals surface area contributed by atoms with Gasteiger partial charge in [0, 0.05) is 15.0 Å². The van der Waals surface area contributed by atoms with Crippen molar-refractivity contribution < 1.29 is 0 Å². The van der Waals surface area contributed by atoms with Crippen LogP contribution in [0.5, 0.6) is 0 Å². The number of halogens is 1. The number of nitrogen functional groups attached to an aromatic ring is 1. The van der Waals surface area contributed by atoms with Gasteiger partial charge in [0.15, 0.2) is 0 Å². The molecule has 0 spiro atoms. The van der Waals surface area contributed by atoms with Crippen molar-refractivity contribution in [2.24, 2.45) is 0 Å². The van der Waals surface area contributed by atoms with Crippen molar-refractivity contribution in [3.05, 3.63) is 43.7 Å². The first-order valence-corrected chi connectivity index (χ1v) is 7.50. The summed E-state index contributed by atoms with van der Waals surface area (Å²) in [5.74, 6) is 0. The van der Waals surface area contributed by atoms with Gasteiger partial charge in [-0.25, -0.2) is 0 Å². The maximum Gasteiger partial charge on any atom is 0.0577 e. The fraction of sp³-hybridized carbons (Fsp3) is 0.231. The first-order valence-electron chi connectivity index (χ1n) is 5.55. The quantitative estimate of drug-likeness (QED) is 0.638. The number of anilines is 2. The van der Waals surface area contributed by atoms with Gasteiger partial charge in [0.05, 0.1) is 11.4 Å². The fourth-order valence-corrected chi connectivity index (χ4v) is 3.14. The number of hydrogen-bond acceptors (Lipinski definition) is 3. The molecular formula is C13H15IN2S. The molecule has 0 aliphatic heterocycles. The maximum atomic E-state index is 5.97. The van der Waals surface area contributed by atoms with Crippen LogP contribution >= 0.6 is 33.9 Å². The molecule has 0 aliphatic carbocycles. The van der Waals surface area contributed by atoms with Crippen LogP contribution in [0.15, 0.2) is 29.6 Å². The second-order valence-electron chi connectivity index (χ2n) is 3.81. The Morgan fingerprint density at radius 2 is 2.18 bits per heavy atom. The van der Waals surface area contributed by atoms with E-state index in [9.17, 15) is 0 Å². The molecule has 90 valence electrons. The van der Waals surface area contributed by atoms with Gasteiger partial charge in [0.25, 0.3) is 0 Å². The number of thiophene rings is 1. The lowest BCUT2D eigenvalue weighted by Crippen LogP contribution is -2.02. The predicted octanol–water partition coefficient (Wildman–Crippen LogP) is 4.11. The third-order valence-corrected chi connectivity index (χ3v) is 4.31. The molecule has 0 atom stereocenters. The molecule has 17 heavy (non-hydrogen) atoms. The van der Waals surface area contributed by atoms with Crippen LogP contribution in [0.3, 0.4) is 0 Å². The number of nitrogens with two attached hydrogens (primary N) is 1. The van der Waals surface area contributed by atoms with Gasteiger partial charge in [0.1, 0.15) is 0 Å². The Morgan fingerprint density at radius 3 is 2.88 bits per heavy atom. The van der Waals surface area contributed by atoms with Gasteiger partial charge in [-0.15, -0.1) is 11.3 Å². The molecule has 4 heteroatoms. The van der Waals surface area contributed by atoms with E-state index in [1.165, 1.54) is 10.4 Å². The fourth-order valence-electron chi connectivity index (χ4n) is 1.71. The number of aryl methyl sites for hydroxylation is 1. The standard InChI is InChI=1S/C13H15IN2S/c1-2-9-5-6-17-13(9)8-16-12-4-3-10(14)7-11(12)15/h3-7,16H,2,8,15H2,1H3. The first-order chi connectivity index (χ1) is 8.20. The van der Waals surface area contributed by atoms with Crippen molar-refractivity contribution in [1.29, 1.82) is 0 Å². The third-order valence-electron chi connectivity index (χ3n) is 2.67. The molecule has 0 bridgehead atoms. The van der Waals surface area contributed by atoms with Crippen LogP contribution in [0.4, 0.5) is 11.4 Å². The lowest BCUT2D eigenvalue weighted by Gasteiger charge is -2.09. The summed E-state index contributed by atoms with van der Waals surface area (Å²) in [7, 11) is 0. The van der Waals surface area contributed by atoms with Crippen molar-refractivity contribution in [1.82, 2.24) is 0 Å². The van der Waals surface area contributed by atoms with Crippen LogP contribution in [0.2, 0.25) is 0 Å². The van der Waals surface area contributed by atoms with Crippen molar-refractivity contribution in [3.63, 3.8) is 0 Å². The van der Waals surface area contributed by atoms with Crippen LogP contribution in [-0.2, 0) is 13.0 Å². The van der Waals surface area contributed by atoms with Crippen LogP contribution in [0.1, 0.15) is 17.4 Å². The molecule has 1 aromatic heterocycles. The highest BCUT2D eigenvalue weighted by Gasteiger charge is 2.04. The molecule has 0 aliphatic rings. The minimum atomic E-state index is 0.812. The zero-order valence-electron chi connectivity index (χ0n) is 9.66. The van der Waals surface area contributed by atoms with Crippen molar-refractivity contribution in [2.45, 2.75) is 19.9 Å². The van der Waals surface area contributed by atoms with Gasteiger partial charge >= 0.3 is 0 Å². The smallest absolute Gasteiger partial charge is 0.0577 e. The number of nitrogens with one attached hydrogen (secondary N) is 1. The zero-order valence-corrected chi connectivity index (χ0v) is 12.6. The molecule has 0 unspecified atom stereocenters. The van der Waals surface area contributed by atoms with E-state index < -0.39 is 0 Å². The van der Waals surface area contributed by atoms with Gasteiger partial charge in [-0.1, -0.05) is 6.92 Å². The Labute approximate surface area is 119 Å². The Hall–Kier alpha value is -0.750. The van der Waals surface area contributed by atoms with E-state index in [1.54, 1.807) is 11.3 Å². The van der Waals surface area contributed by atoms with E-state index in [0.717, 1.165) is 27.9 Å². The largest absolute Gasteiger partial charge is 0.397 e. The Balaban J connectivity index is 2.07. The molecule has 0 radical (unpaired) electrons. The average molecular weight is 358 g/mol. The Kier molecular flexibility index (Phi) is 4.28. The van der Waals surface area contributed by atoms with Crippen LogP contribution < -0.4 is 11.1 Å². The molecular weight excluding hydrogens is 343 g/mol. The maximum absolute atomic E-state index is 5.97. The zero-order chi connectivity index (χ0) is 12.3. The summed E-state index contributed by atoms with van der Waals surface area (Å²) in [6.45, 7) is 3.04. The minimum Gasteiger partial charge on any atom is -0.397 e. The minimum absolute atomic E-state index is 0.812. The molecule has 0 saturated heterocycles. The van der Waals surface area contributed by atoms with Crippen molar-refractivity contribution in [2.75, 3.05) is 11.1 Å². The molecule has 1 aromatic carbocycles. The summed E-state index contributed by atoms with van der Waals surface area (Å²) in [6.07, 6.45) is 1.09. The van der Waals surface area contributed by atoms with Crippen molar-refractivity contribution >= 4 is 45.3 Å². The molecule has 2 rings (SSSR count). The Bertz CT molecular complexity index is 508. The predicted molar refractivity (Wildman–Crippen MR) is 84.6 cm³/mol. The topological polar surface area (TPSA) is 38.0 Å². The van der Waals surface area contributed by atoms with Crippen LogP contribution in [0.25, 0.3) is 0 Å². The van der Waals surface area contributed by atoms with Crippen LogP contribution in [0, 0.1) is 3.57 Å². The summed E-state index contributed by atoms with van der Waals surface area (Å²) in [4.78, 5) is 1.39. The van der Waals surface area contributed by atoms with Gasteiger partial charge in [-0.05, 0) is 64.2 Å². The summed E-state index contributed by atoms with van der Waals surface area (Å²) >= 11 is 4.06. The van der Waals surface area contributed by atoms with Gasteiger partial charge in [-0.3, -0.25) is 0 Å². The van der Waals surface area contributed by atoms with E-state index in [-0.39, 0.29) is 0 Å². The summed E-state index contributed by atoms with van der Waals surface area (Å²) in [5.41, 5.74) is 9.22. The Morgan fingerprint density at radius 1 is 1.35 bits per heavy atom. The monoisotopic (exact) mass is 358 g/mol. The number of hydrogen-bond donors (Lipinski definition) is 2. The van der Waals surface area contributed by atoms with Gasteiger partial charge in [0.2, 0.25) is 0 Å². The first kappa shape index (κ1) is 12.7. The van der Waals surface area contributed by atoms with Crippen molar-refractivity contribution in [3.8, 4) is 0 Å². The molecule has 2 aromatic rings.